The van der Waals surface area contributed by atoms with E-state index >= 15 is 0 Å². The second-order valence-electron chi connectivity index (χ2n) is 4.02. The fourth-order valence-electron chi connectivity index (χ4n) is 1.70. The lowest BCUT2D eigenvalue weighted by Crippen LogP contribution is -2.38. The third-order valence-corrected chi connectivity index (χ3v) is 2.79. The number of hydrogen-bond donors (Lipinski definition) is 1. The molecule has 1 N–H and O–H groups in total. The summed E-state index contributed by atoms with van der Waals surface area (Å²) in [6, 6.07) is 0. The maximum atomic E-state index is 10.9. The lowest BCUT2D eigenvalue weighted by atomic mass is 9.99. The number of carbonyl (C=O) groups is 1. The molecule has 3 nitrogen and oxygen atoms in total. The molecule has 1 aliphatic heterocycles. The van der Waals surface area contributed by atoms with E-state index in [4.69, 9.17) is 0 Å². The van der Waals surface area contributed by atoms with Crippen LogP contribution in [0.3, 0.4) is 0 Å². The van der Waals surface area contributed by atoms with E-state index < -0.39 is 0 Å². The van der Waals surface area contributed by atoms with E-state index in [0.29, 0.717) is 0 Å². The standard InChI is InChI=1S/C11H20N2O/c1-3-11(14)12-6-9-13-7-4-10(2)5-8-13/h3,10H,1,4-9H2,2H3,(H,12,14). The molecule has 1 rings (SSSR count). The molecule has 0 atom stereocenters. The molecule has 1 saturated heterocycles. The number of amides is 1. The van der Waals surface area contributed by atoms with Gasteiger partial charge in [0, 0.05) is 13.1 Å². The summed E-state index contributed by atoms with van der Waals surface area (Å²) in [7, 11) is 0. The molecule has 1 fully saturated rings. The predicted molar refractivity (Wildman–Crippen MR) is 58.0 cm³/mol. The Kier molecular flexibility index (Phi) is 4.66. The van der Waals surface area contributed by atoms with Crippen molar-refractivity contribution < 1.29 is 4.79 Å². The first kappa shape index (κ1) is 11.2. The zero-order chi connectivity index (χ0) is 10.4. The summed E-state index contributed by atoms with van der Waals surface area (Å²) in [5, 5.41) is 2.79. The summed E-state index contributed by atoms with van der Waals surface area (Å²) in [5.74, 6) is 0.796. The van der Waals surface area contributed by atoms with Gasteiger partial charge in [0.05, 0.1) is 0 Å². The Balaban J connectivity index is 2.07. The van der Waals surface area contributed by atoms with Gasteiger partial charge in [-0.15, -0.1) is 0 Å². The van der Waals surface area contributed by atoms with Crippen molar-refractivity contribution in [2.45, 2.75) is 19.8 Å². The van der Waals surface area contributed by atoms with Crippen LogP contribution in [-0.4, -0.2) is 37.0 Å². The fourth-order valence-corrected chi connectivity index (χ4v) is 1.70. The Morgan fingerprint density at radius 3 is 2.79 bits per heavy atom. The van der Waals surface area contributed by atoms with Gasteiger partial charge in [0.15, 0.2) is 0 Å². The van der Waals surface area contributed by atoms with E-state index in [2.05, 4.69) is 23.7 Å². The SMILES string of the molecule is C=CC(=O)NCCN1CCC(C)CC1. The van der Waals surface area contributed by atoms with Crippen LogP contribution in [0.4, 0.5) is 0 Å². The Morgan fingerprint density at radius 1 is 1.57 bits per heavy atom. The molecule has 0 aromatic carbocycles. The van der Waals surface area contributed by atoms with E-state index in [-0.39, 0.29) is 5.91 Å². The van der Waals surface area contributed by atoms with E-state index in [0.717, 1.165) is 19.0 Å². The zero-order valence-corrected chi connectivity index (χ0v) is 8.96. The van der Waals surface area contributed by atoms with Gasteiger partial charge in [0.25, 0.3) is 0 Å². The first-order valence-corrected chi connectivity index (χ1v) is 5.35. The van der Waals surface area contributed by atoms with Crippen molar-refractivity contribution in [2.24, 2.45) is 5.92 Å². The Hall–Kier alpha value is -0.830. The van der Waals surface area contributed by atoms with E-state index in [1.807, 2.05) is 0 Å². The lowest BCUT2D eigenvalue weighted by Gasteiger charge is -2.29. The smallest absolute Gasteiger partial charge is 0.243 e. The van der Waals surface area contributed by atoms with Crippen LogP contribution < -0.4 is 5.32 Å². The van der Waals surface area contributed by atoms with Gasteiger partial charge >= 0.3 is 0 Å². The molecule has 0 aromatic heterocycles. The van der Waals surface area contributed by atoms with Crippen molar-refractivity contribution in [1.29, 1.82) is 0 Å². The molecule has 0 saturated carbocycles. The summed E-state index contributed by atoms with van der Waals surface area (Å²) < 4.78 is 0. The highest BCUT2D eigenvalue weighted by Crippen LogP contribution is 2.14. The van der Waals surface area contributed by atoms with Gasteiger partial charge in [-0.25, -0.2) is 0 Å². The molecular weight excluding hydrogens is 176 g/mol. The Labute approximate surface area is 86.2 Å². The van der Waals surface area contributed by atoms with Crippen molar-refractivity contribution in [1.82, 2.24) is 10.2 Å². The van der Waals surface area contributed by atoms with Crippen LogP contribution in [0, 0.1) is 5.92 Å². The number of piperidine rings is 1. The zero-order valence-electron chi connectivity index (χ0n) is 8.96. The summed E-state index contributed by atoms with van der Waals surface area (Å²) in [4.78, 5) is 13.3. The Morgan fingerprint density at radius 2 is 2.21 bits per heavy atom. The van der Waals surface area contributed by atoms with Gasteiger partial charge < -0.3 is 10.2 Å². The van der Waals surface area contributed by atoms with E-state index in [9.17, 15) is 4.79 Å². The molecule has 1 aliphatic rings. The molecule has 0 radical (unpaired) electrons. The molecule has 80 valence electrons. The minimum Gasteiger partial charge on any atom is -0.351 e. The van der Waals surface area contributed by atoms with Crippen LogP contribution in [0.1, 0.15) is 19.8 Å². The number of hydrogen-bond acceptors (Lipinski definition) is 2. The molecule has 0 spiro atoms. The van der Waals surface area contributed by atoms with Crippen molar-refractivity contribution in [2.75, 3.05) is 26.2 Å². The lowest BCUT2D eigenvalue weighted by molar-refractivity contribution is -0.116. The topological polar surface area (TPSA) is 32.3 Å². The molecule has 0 unspecified atom stereocenters. The van der Waals surface area contributed by atoms with E-state index in [1.165, 1.54) is 32.0 Å². The second kappa shape index (κ2) is 5.81. The largest absolute Gasteiger partial charge is 0.351 e. The average Bonchev–Trinajstić information content (AvgIpc) is 2.21. The van der Waals surface area contributed by atoms with Crippen molar-refractivity contribution in [3.05, 3.63) is 12.7 Å². The Bertz CT molecular complexity index is 195. The first-order valence-electron chi connectivity index (χ1n) is 5.35. The van der Waals surface area contributed by atoms with Gasteiger partial charge in [0.1, 0.15) is 0 Å². The molecule has 0 aliphatic carbocycles. The van der Waals surface area contributed by atoms with Gasteiger partial charge in [-0.3, -0.25) is 4.79 Å². The average molecular weight is 196 g/mol. The van der Waals surface area contributed by atoms with Crippen molar-refractivity contribution in [3.8, 4) is 0 Å². The predicted octanol–water partition coefficient (Wildman–Crippen LogP) is 1.02. The van der Waals surface area contributed by atoms with Crippen LogP contribution in [-0.2, 0) is 4.79 Å². The quantitative estimate of drug-likeness (QED) is 0.681. The third-order valence-electron chi connectivity index (χ3n) is 2.79. The maximum absolute atomic E-state index is 10.9. The monoisotopic (exact) mass is 196 g/mol. The molecule has 14 heavy (non-hydrogen) atoms. The first-order chi connectivity index (χ1) is 6.72. The number of rotatable bonds is 4. The summed E-state index contributed by atoms with van der Waals surface area (Å²) >= 11 is 0. The molecule has 1 amide bonds. The minimum absolute atomic E-state index is 0.0737. The van der Waals surface area contributed by atoms with Crippen LogP contribution in [0.2, 0.25) is 0 Å². The number of nitrogens with zero attached hydrogens (tertiary/aromatic N) is 1. The highest BCUT2D eigenvalue weighted by molar-refractivity contribution is 5.86. The fraction of sp³-hybridized carbons (Fsp3) is 0.727. The van der Waals surface area contributed by atoms with E-state index in [1.54, 1.807) is 0 Å². The van der Waals surface area contributed by atoms with Gasteiger partial charge in [-0.1, -0.05) is 13.5 Å². The molecule has 0 aromatic rings. The van der Waals surface area contributed by atoms with Crippen molar-refractivity contribution >= 4 is 5.91 Å². The van der Waals surface area contributed by atoms with Crippen LogP contribution in [0.25, 0.3) is 0 Å². The molecule has 3 heteroatoms. The normalized spacial score (nSPS) is 19.2. The third kappa shape index (κ3) is 3.92. The minimum atomic E-state index is -0.0737. The van der Waals surface area contributed by atoms with Gasteiger partial charge in [-0.05, 0) is 37.9 Å². The van der Waals surface area contributed by atoms with Crippen LogP contribution in [0.5, 0.6) is 0 Å². The van der Waals surface area contributed by atoms with Gasteiger partial charge in [0.2, 0.25) is 5.91 Å². The van der Waals surface area contributed by atoms with Crippen LogP contribution >= 0.6 is 0 Å². The molecule has 0 bridgehead atoms. The second-order valence-corrected chi connectivity index (χ2v) is 4.02. The number of carbonyl (C=O) groups excluding carboxylic acids is 1. The number of likely N-dealkylation sites (tertiary alicyclic amines) is 1. The summed E-state index contributed by atoms with van der Waals surface area (Å²) in [5.41, 5.74) is 0. The molecular formula is C11H20N2O. The summed E-state index contributed by atoms with van der Waals surface area (Å²) in [6.07, 6.45) is 3.89. The highest BCUT2D eigenvalue weighted by Gasteiger charge is 2.14. The van der Waals surface area contributed by atoms with Gasteiger partial charge in [-0.2, -0.15) is 0 Å². The molecule has 1 heterocycles. The summed E-state index contributed by atoms with van der Waals surface area (Å²) in [6.45, 7) is 9.76. The maximum Gasteiger partial charge on any atom is 0.243 e. The number of nitrogens with one attached hydrogen (secondary N) is 1. The van der Waals surface area contributed by atoms with Crippen LogP contribution in [0.15, 0.2) is 12.7 Å². The highest BCUT2D eigenvalue weighted by atomic mass is 16.1. The van der Waals surface area contributed by atoms with Crippen molar-refractivity contribution in [3.63, 3.8) is 0 Å².